The Morgan fingerprint density at radius 2 is 1.95 bits per heavy atom. The number of rotatable bonds is 2. The molecule has 0 spiro atoms. The predicted octanol–water partition coefficient (Wildman–Crippen LogP) is 4.53. The summed E-state index contributed by atoms with van der Waals surface area (Å²) in [7, 11) is 0. The van der Waals surface area contributed by atoms with E-state index < -0.39 is 0 Å². The van der Waals surface area contributed by atoms with Crippen LogP contribution in [0.15, 0.2) is 18.2 Å². The van der Waals surface area contributed by atoms with E-state index in [1.165, 1.54) is 56.3 Å². The van der Waals surface area contributed by atoms with Crippen molar-refractivity contribution in [3.63, 3.8) is 0 Å². The van der Waals surface area contributed by atoms with Crippen LogP contribution in [0.25, 0.3) is 0 Å². The largest absolute Gasteiger partial charge is 0.508 e. The third-order valence-corrected chi connectivity index (χ3v) is 5.64. The molecule has 2 atom stereocenters. The van der Waals surface area contributed by atoms with Crippen molar-refractivity contribution in [2.75, 3.05) is 13.1 Å². The molecule has 2 nitrogen and oxygen atoms in total. The second-order valence-corrected chi connectivity index (χ2v) is 7.22. The van der Waals surface area contributed by atoms with Gasteiger partial charge in [0.1, 0.15) is 5.75 Å². The van der Waals surface area contributed by atoms with Crippen LogP contribution < -0.4 is 0 Å². The summed E-state index contributed by atoms with van der Waals surface area (Å²) in [6.45, 7) is 7.19. The van der Waals surface area contributed by atoms with Crippen molar-refractivity contribution in [3.05, 3.63) is 29.3 Å². The van der Waals surface area contributed by atoms with Gasteiger partial charge in [0, 0.05) is 6.04 Å². The van der Waals surface area contributed by atoms with Gasteiger partial charge in [-0.3, -0.25) is 4.90 Å². The van der Waals surface area contributed by atoms with Crippen LogP contribution in [0.3, 0.4) is 0 Å². The summed E-state index contributed by atoms with van der Waals surface area (Å²) in [6.07, 6.45) is 7.55. The lowest BCUT2D eigenvalue weighted by Gasteiger charge is -2.35. The van der Waals surface area contributed by atoms with Crippen molar-refractivity contribution in [1.82, 2.24) is 4.90 Å². The second kappa shape index (κ2) is 6.39. The number of phenols is 1. The number of aromatic hydroxyl groups is 1. The van der Waals surface area contributed by atoms with Crippen LogP contribution in [0.5, 0.6) is 5.75 Å². The zero-order chi connectivity index (χ0) is 14.8. The number of fused-ring (bicyclic) bond motifs is 1. The molecule has 2 aliphatic rings. The van der Waals surface area contributed by atoms with Gasteiger partial charge in [0.05, 0.1) is 0 Å². The molecule has 0 radical (unpaired) electrons. The number of benzene rings is 1. The van der Waals surface area contributed by atoms with Gasteiger partial charge in [-0.15, -0.1) is 0 Å². The van der Waals surface area contributed by atoms with Crippen molar-refractivity contribution >= 4 is 0 Å². The molecule has 0 amide bonds. The fraction of sp³-hybridized carbons (Fsp3) is 0.684. The van der Waals surface area contributed by atoms with E-state index in [4.69, 9.17) is 0 Å². The summed E-state index contributed by atoms with van der Waals surface area (Å²) in [5, 5.41) is 10.1. The first-order chi connectivity index (χ1) is 10.2. The molecular formula is C19H29NO. The first-order valence-corrected chi connectivity index (χ1v) is 8.71. The molecule has 0 aromatic heterocycles. The maximum Gasteiger partial charge on any atom is 0.119 e. The summed E-state index contributed by atoms with van der Waals surface area (Å²) in [6, 6.07) is 6.63. The molecule has 2 unspecified atom stereocenters. The van der Waals surface area contributed by atoms with Crippen LogP contribution in [0.4, 0.5) is 0 Å². The zero-order valence-electron chi connectivity index (χ0n) is 13.5. The van der Waals surface area contributed by atoms with Gasteiger partial charge in [0.2, 0.25) is 0 Å². The monoisotopic (exact) mass is 287 g/mol. The predicted molar refractivity (Wildman–Crippen MR) is 87.5 cm³/mol. The molecule has 1 saturated heterocycles. The van der Waals surface area contributed by atoms with E-state index in [-0.39, 0.29) is 0 Å². The number of likely N-dealkylation sites (tertiary alicyclic amines) is 1. The lowest BCUT2D eigenvalue weighted by atomic mass is 9.86. The van der Waals surface area contributed by atoms with Crippen LogP contribution in [0, 0.1) is 11.8 Å². The molecule has 3 rings (SSSR count). The van der Waals surface area contributed by atoms with E-state index in [1.807, 2.05) is 12.1 Å². The summed E-state index contributed by atoms with van der Waals surface area (Å²) < 4.78 is 0. The highest BCUT2D eigenvalue weighted by molar-refractivity contribution is 5.42. The number of hydrogen-bond donors (Lipinski definition) is 1. The highest BCUT2D eigenvalue weighted by atomic mass is 16.3. The van der Waals surface area contributed by atoms with Crippen LogP contribution in [0.1, 0.15) is 63.1 Å². The standard InChI is InChI=1S/C19H29NO/c1-14(2)15-6-5-12-20(13-11-15)18-9-3-8-17-16(18)7-4-10-19(17)21/h4,7,10,14-15,18,21H,3,5-6,8-9,11-13H2,1-2H3. The Balaban J connectivity index is 1.78. The van der Waals surface area contributed by atoms with Crippen molar-refractivity contribution in [3.8, 4) is 5.75 Å². The number of phenolic OH excluding ortho intramolecular Hbond substituents is 1. The number of nitrogens with zero attached hydrogens (tertiary/aromatic N) is 1. The summed E-state index contributed by atoms with van der Waals surface area (Å²) >= 11 is 0. The van der Waals surface area contributed by atoms with E-state index >= 15 is 0 Å². The van der Waals surface area contributed by atoms with E-state index in [1.54, 1.807) is 0 Å². The minimum atomic E-state index is 0.507. The summed E-state index contributed by atoms with van der Waals surface area (Å²) in [5.41, 5.74) is 2.60. The molecule has 1 aromatic carbocycles. The second-order valence-electron chi connectivity index (χ2n) is 7.22. The van der Waals surface area contributed by atoms with Crippen LogP contribution in [0.2, 0.25) is 0 Å². The SMILES string of the molecule is CC(C)C1CCCN(C2CCCc3c(O)cccc32)CC1. The average molecular weight is 287 g/mol. The van der Waals surface area contributed by atoms with E-state index in [0.717, 1.165) is 18.3 Å². The molecule has 1 aliphatic heterocycles. The van der Waals surface area contributed by atoms with E-state index in [9.17, 15) is 5.11 Å². The van der Waals surface area contributed by atoms with Gasteiger partial charge in [-0.25, -0.2) is 0 Å². The zero-order valence-corrected chi connectivity index (χ0v) is 13.5. The minimum absolute atomic E-state index is 0.507. The van der Waals surface area contributed by atoms with Gasteiger partial charge in [-0.2, -0.15) is 0 Å². The third-order valence-electron chi connectivity index (χ3n) is 5.64. The van der Waals surface area contributed by atoms with E-state index in [2.05, 4.69) is 24.8 Å². The van der Waals surface area contributed by atoms with Gasteiger partial charge in [0.15, 0.2) is 0 Å². The molecule has 1 heterocycles. The first kappa shape index (κ1) is 14.9. The molecule has 1 fully saturated rings. The quantitative estimate of drug-likeness (QED) is 0.864. The molecule has 21 heavy (non-hydrogen) atoms. The van der Waals surface area contributed by atoms with Gasteiger partial charge >= 0.3 is 0 Å². The van der Waals surface area contributed by atoms with Crippen molar-refractivity contribution in [2.24, 2.45) is 11.8 Å². The molecule has 1 aliphatic carbocycles. The van der Waals surface area contributed by atoms with Gasteiger partial charge in [0.25, 0.3) is 0 Å². The highest BCUT2D eigenvalue weighted by Gasteiger charge is 2.29. The van der Waals surface area contributed by atoms with Crippen molar-refractivity contribution in [2.45, 2.75) is 58.4 Å². The third kappa shape index (κ3) is 3.11. The van der Waals surface area contributed by atoms with Gasteiger partial charge < -0.3 is 5.11 Å². The van der Waals surface area contributed by atoms with Crippen molar-refractivity contribution < 1.29 is 5.11 Å². The fourth-order valence-electron chi connectivity index (χ4n) is 4.31. The minimum Gasteiger partial charge on any atom is -0.508 e. The lowest BCUT2D eigenvalue weighted by Crippen LogP contribution is -2.32. The Morgan fingerprint density at radius 1 is 1.10 bits per heavy atom. The molecule has 0 saturated carbocycles. The maximum atomic E-state index is 10.1. The fourth-order valence-corrected chi connectivity index (χ4v) is 4.31. The Morgan fingerprint density at radius 3 is 2.76 bits per heavy atom. The molecule has 2 heteroatoms. The van der Waals surface area contributed by atoms with Gasteiger partial charge in [-0.05, 0) is 80.6 Å². The normalized spacial score (nSPS) is 27.4. The molecule has 1 aromatic rings. The summed E-state index contributed by atoms with van der Waals surface area (Å²) in [5.74, 6) is 2.21. The number of hydrogen-bond acceptors (Lipinski definition) is 2. The lowest BCUT2D eigenvalue weighted by molar-refractivity contribution is 0.180. The highest BCUT2D eigenvalue weighted by Crippen LogP contribution is 2.39. The van der Waals surface area contributed by atoms with Gasteiger partial charge in [-0.1, -0.05) is 26.0 Å². The van der Waals surface area contributed by atoms with Crippen molar-refractivity contribution in [1.29, 1.82) is 0 Å². The molecule has 116 valence electrons. The van der Waals surface area contributed by atoms with Crippen LogP contribution >= 0.6 is 0 Å². The Kier molecular flexibility index (Phi) is 4.54. The first-order valence-electron chi connectivity index (χ1n) is 8.71. The smallest absolute Gasteiger partial charge is 0.119 e. The molecular weight excluding hydrogens is 258 g/mol. The molecule has 0 bridgehead atoms. The summed E-state index contributed by atoms with van der Waals surface area (Å²) in [4.78, 5) is 2.69. The Bertz CT molecular complexity index is 482. The maximum absolute atomic E-state index is 10.1. The topological polar surface area (TPSA) is 23.5 Å². The molecule has 1 N–H and O–H groups in total. The van der Waals surface area contributed by atoms with Crippen LogP contribution in [-0.2, 0) is 6.42 Å². The van der Waals surface area contributed by atoms with Crippen LogP contribution in [-0.4, -0.2) is 23.1 Å². The average Bonchev–Trinajstić information content (AvgIpc) is 2.73. The Labute approximate surface area is 129 Å². The van der Waals surface area contributed by atoms with E-state index in [0.29, 0.717) is 11.8 Å². The Hall–Kier alpha value is -1.02.